The molecule has 0 aliphatic heterocycles. The fraction of sp³-hybridized carbons (Fsp3) is 0.111. The van der Waals surface area contributed by atoms with E-state index in [4.69, 9.17) is 5.90 Å². The average molecular weight is 207 g/mol. The number of nitrogens with zero attached hydrogens (tertiary/aromatic N) is 2. The Balaban J connectivity index is 2.25. The van der Waals surface area contributed by atoms with Gasteiger partial charge in [-0.05, 0) is 12.1 Å². The Morgan fingerprint density at radius 3 is 3.07 bits per heavy atom. The summed E-state index contributed by atoms with van der Waals surface area (Å²) in [5, 5.41) is 0.935. The van der Waals surface area contributed by atoms with Crippen LogP contribution in [0.25, 0.3) is 10.6 Å². The minimum Gasteiger partial charge on any atom is -0.299 e. The SMILES string of the molecule is NOCc1cnc(-c2cccnc2)s1. The van der Waals surface area contributed by atoms with E-state index in [2.05, 4.69) is 14.8 Å². The summed E-state index contributed by atoms with van der Waals surface area (Å²) in [6, 6.07) is 3.86. The molecule has 0 aromatic carbocycles. The molecule has 0 amide bonds. The fourth-order valence-electron chi connectivity index (χ4n) is 1.08. The van der Waals surface area contributed by atoms with Crippen LogP contribution in [0, 0.1) is 0 Å². The van der Waals surface area contributed by atoms with E-state index in [0.29, 0.717) is 6.61 Å². The first-order chi connectivity index (χ1) is 6.90. The fourth-order valence-corrected chi connectivity index (χ4v) is 1.90. The van der Waals surface area contributed by atoms with Crippen molar-refractivity contribution < 1.29 is 4.84 Å². The topological polar surface area (TPSA) is 61.0 Å². The third-order valence-corrected chi connectivity index (χ3v) is 2.71. The molecular weight excluding hydrogens is 198 g/mol. The van der Waals surface area contributed by atoms with Crippen LogP contribution in [0.3, 0.4) is 0 Å². The standard InChI is InChI=1S/C9H9N3OS/c10-13-6-8-5-12-9(14-8)7-2-1-3-11-4-7/h1-5H,6,10H2. The number of nitrogens with two attached hydrogens (primary N) is 1. The van der Waals surface area contributed by atoms with Gasteiger partial charge in [0.2, 0.25) is 0 Å². The van der Waals surface area contributed by atoms with E-state index in [1.807, 2.05) is 12.1 Å². The molecule has 14 heavy (non-hydrogen) atoms. The molecule has 72 valence electrons. The average Bonchev–Trinajstić information content (AvgIpc) is 2.68. The van der Waals surface area contributed by atoms with Crippen molar-refractivity contribution in [2.75, 3.05) is 0 Å². The number of thiazole rings is 1. The largest absolute Gasteiger partial charge is 0.299 e. The van der Waals surface area contributed by atoms with Crippen LogP contribution >= 0.6 is 11.3 Å². The van der Waals surface area contributed by atoms with E-state index in [1.165, 1.54) is 0 Å². The van der Waals surface area contributed by atoms with Crippen molar-refractivity contribution in [3.63, 3.8) is 0 Å². The molecule has 0 fully saturated rings. The zero-order chi connectivity index (χ0) is 9.80. The molecule has 0 saturated carbocycles. The quantitative estimate of drug-likeness (QED) is 0.776. The third kappa shape index (κ3) is 1.95. The molecule has 2 aromatic rings. The van der Waals surface area contributed by atoms with Gasteiger partial charge in [-0.15, -0.1) is 11.3 Å². The number of hydrogen-bond acceptors (Lipinski definition) is 5. The normalized spacial score (nSPS) is 10.4. The second-order valence-electron chi connectivity index (χ2n) is 2.68. The summed E-state index contributed by atoms with van der Waals surface area (Å²) in [7, 11) is 0. The summed E-state index contributed by atoms with van der Waals surface area (Å²) in [5.74, 6) is 4.98. The molecule has 0 radical (unpaired) electrons. The second kappa shape index (κ2) is 4.28. The van der Waals surface area contributed by atoms with Crippen LogP contribution in [0.5, 0.6) is 0 Å². The van der Waals surface area contributed by atoms with Gasteiger partial charge in [0.15, 0.2) is 0 Å². The van der Waals surface area contributed by atoms with Crippen LogP contribution in [0.4, 0.5) is 0 Å². The molecule has 0 spiro atoms. The Hall–Kier alpha value is -1.30. The van der Waals surface area contributed by atoms with Crippen LogP contribution in [-0.4, -0.2) is 9.97 Å². The minimum absolute atomic E-state index is 0.401. The molecule has 2 N–H and O–H groups in total. The van der Waals surface area contributed by atoms with Gasteiger partial charge in [-0.3, -0.25) is 9.82 Å². The zero-order valence-electron chi connectivity index (χ0n) is 7.38. The van der Waals surface area contributed by atoms with Gasteiger partial charge in [-0.2, -0.15) is 0 Å². The van der Waals surface area contributed by atoms with Gasteiger partial charge in [-0.1, -0.05) is 0 Å². The predicted molar refractivity (Wildman–Crippen MR) is 54.3 cm³/mol. The predicted octanol–water partition coefficient (Wildman–Crippen LogP) is 1.60. The Labute approximate surface area is 85.3 Å². The molecule has 4 nitrogen and oxygen atoms in total. The summed E-state index contributed by atoms with van der Waals surface area (Å²) in [6.45, 7) is 0.401. The van der Waals surface area contributed by atoms with Gasteiger partial charge in [0.1, 0.15) is 11.6 Å². The van der Waals surface area contributed by atoms with E-state index in [-0.39, 0.29) is 0 Å². The van der Waals surface area contributed by atoms with Crippen molar-refractivity contribution in [2.45, 2.75) is 6.61 Å². The van der Waals surface area contributed by atoms with E-state index in [9.17, 15) is 0 Å². The summed E-state index contributed by atoms with van der Waals surface area (Å²) in [6.07, 6.45) is 5.28. The molecule has 0 saturated heterocycles. The first kappa shape index (κ1) is 9.26. The summed E-state index contributed by atoms with van der Waals surface area (Å²) >= 11 is 1.55. The highest BCUT2D eigenvalue weighted by atomic mass is 32.1. The lowest BCUT2D eigenvalue weighted by atomic mass is 10.3. The van der Waals surface area contributed by atoms with Crippen molar-refractivity contribution in [3.8, 4) is 10.6 Å². The molecule has 0 aliphatic rings. The third-order valence-electron chi connectivity index (χ3n) is 1.69. The maximum absolute atomic E-state index is 4.98. The zero-order valence-corrected chi connectivity index (χ0v) is 8.20. The lowest BCUT2D eigenvalue weighted by Gasteiger charge is -1.92. The van der Waals surface area contributed by atoms with Crippen molar-refractivity contribution in [1.29, 1.82) is 0 Å². The Bertz CT molecular complexity index is 401. The van der Waals surface area contributed by atoms with E-state index >= 15 is 0 Å². The second-order valence-corrected chi connectivity index (χ2v) is 3.80. The van der Waals surface area contributed by atoms with Crippen LogP contribution < -0.4 is 5.90 Å². The number of rotatable bonds is 3. The van der Waals surface area contributed by atoms with Gasteiger partial charge >= 0.3 is 0 Å². The lowest BCUT2D eigenvalue weighted by molar-refractivity contribution is 0.126. The smallest absolute Gasteiger partial charge is 0.125 e. The molecule has 0 unspecified atom stereocenters. The molecule has 2 aromatic heterocycles. The van der Waals surface area contributed by atoms with Gasteiger partial charge in [-0.25, -0.2) is 10.9 Å². The van der Waals surface area contributed by atoms with Crippen molar-refractivity contribution >= 4 is 11.3 Å². The van der Waals surface area contributed by atoms with Crippen molar-refractivity contribution in [1.82, 2.24) is 9.97 Å². The van der Waals surface area contributed by atoms with Gasteiger partial charge < -0.3 is 0 Å². The molecular formula is C9H9N3OS. The van der Waals surface area contributed by atoms with Crippen LogP contribution in [0.2, 0.25) is 0 Å². The van der Waals surface area contributed by atoms with Crippen LogP contribution in [0.1, 0.15) is 4.88 Å². The highest BCUT2D eigenvalue weighted by Crippen LogP contribution is 2.24. The van der Waals surface area contributed by atoms with Gasteiger partial charge in [0, 0.05) is 24.2 Å². The maximum Gasteiger partial charge on any atom is 0.125 e. The first-order valence-electron chi connectivity index (χ1n) is 4.07. The number of hydrogen-bond donors (Lipinski definition) is 1. The van der Waals surface area contributed by atoms with E-state index < -0.39 is 0 Å². The molecule has 2 rings (SSSR count). The molecule has 5 heteroatoms. The van der Waals surface area contributed by atoms with Gasteiger partial charge in [0.25, 0.3) is 0 Å². The highest BCUT2D eigenvalue weighted by molar-refractivity contribution is 7.15. The van der Waals surface area contributed by atoms with E-state index in [1.54, 1.807) is 29.9 Å². The summed E-state index contributed by atoms with van der Waals surface area (Å²) in [5.41, 5.74) is 1.01. The van der Waals surface area contributed by atoms with Crippen LogP contribution in [-0.2, 0) is 11.4 Å². The minimum atomic E-state index is 0.401. The number of aromatic nitrogens is 2. The van der Waals surface area contributed by atoms with E-state index in [0.717, 1.165) is 15.4 Å². The maximum atomic E-state index is 4.98. The van der Waals surface area contributed by atoms with Crippen molar-refractivity contribution in [3.05, 3.63) is 35.6 Å². The molecule has 0 bridgehead atoms. The Morgan fingerprint density at radius 2 is 2.36 bits per heavy atom. The van der Waals surface area contributed by atoms with Crippen LogP contribution in [0.15, 0.2) is 30.7 Å². The monoisotopic (exact) mass is 207 g/mol. The van der Waals surface area contributed by atoms with Crippen molar-refractivity contribution in [2.24, 2.45) is 5.90 Å². The summed E-state index contributed by atoms with van der Waals surface area (Å²) < 4.78 is 0. The molecule has 0 atom stereocenters. The van der Waals surface area contributed by atoms with Gasteiger partial charge in [0.05, 0.1) is 4.88 Å². The lowest BCUT2D eigenvalue weighted by Crippen LogP contribution is -1.96. The highest BCUT2D eigenvalue weighted by Gasteiger charge is 2.03. The molecule has 0 aliphatic carbocycles. The summed E-state index contributed by atoms with van der Waals surface area (Å²) in [4.78, 5) is 13.8. The Kier molecular flexibility index (Phi) is 2.83. The Morgan fingerprint density at radius 1 is 1.43 bits per heavy atom. The number of pyridine rings is 1. The first-order valence-corrected chi connectivity index (χ1v) is 4.88. The molecule has 2 heterocycles.